The molecule has 0 heterocycles. The van der Waals surface area contributed by atoms with Gasteiger partial charge in [-0.05, 0) is 74.5 Å². The van der Waals surface area contributed by atoms with Crippen molar-refractivity contribution in [2.45, 2.75) is 84.7 Å². The average Bonchev–Trinajstić information content (AvgIpc) is 2.87. The SMILES string of the molecule is CC1CC(NC(C)C2CC3CCC2C3)CC(C)(C)C1. The zero-order valence-corrected chi connectivity index (χ0v) is 13.4. The molecular formula is C18H33N. The summed E-state index contributed by atoms with van der Waals surface area (Å²) in [7, 11) is 0. The lowest BCUT2D eigenvalue weighted by Gasteiger charge is -2.42. The predicted molar refractivity (Wildman–Crippen MR) is 82.1 cm³/mol. The van der Waals surface area contributed by atoms with E-state index in [9.17, 15) is 0 Å². The summed E-state index contributed by atoms with van der Waals surface area (Å²) in [4.78, 5) is 0. The van der Waals surface area contributed by atoms with Gasteiger partial charge in [0.25, 0.3) is 0 Å². The third-order valence-electron chi connectivity index (χ3n) is 6.32. The maximum absolute atomic E-state index is 4.03. The molecule has 0 amide bonds. The lowest BCUT2D eigenvalue weighted by atomic mass is 9.70. The molecule has 0 spiro atoms. The predicted octanol–water partition coefficient (Wildman–Crippen LogP) is 4.62. The smallest absolute Gasteiger partial charge is 0.00772 e. The van der Waals surface area contributed by atoms with Crippen LogP contribution < -0.4 is 5.32 Å². The highest BCUT2D eigenvalue weighted by molar-refractivity contribution is 4.96. The van der Waals surface area contributed by atoms with Gasteiger partial charge in [-0.25, -0.2) is 0 Å². The van der Waals surface area contributed by atoms with Gasteiger partial charge in [0, 0.05) is 12.1 Å². The Labute approximate surface area is 119 Å². The van der Waals surface area contributed by atoms with Gasteiger partial charge in [0.1, 0.15) is 0 Å². The zero-order valence-electron chi connectivity index (χ0n) is 13.4. The molecule has 2 bridgehead atoms. The van der Waals surface area contributed by atoms with E-state index in [2.05, 4.69) is 33.0 Å². The van der Waals surface area contributed by atoms with Gasteiger partial charge in [0.05, 0.1) is 0 Å². The Bertz CT molecular complexity index is 322. The van der Waals surface area contributed by atoms with Crippen molar-refractivity contribution in [1.82, 2.24) is 5.32 Å². The Morgan fingerprint density at radius 3 is 2.42 bits per heavy atom. The fraction of sp³-hybridized carbons (Fsp3) is 1.00. The molecule has 3 rings (SSSR count). The average molecular weight is 263 g/mol. The summed E-state index contributed by atoms with van der Waals surface area (Å²) < 4.78 is 0. The largest absolute Gasteiger partial charge is 0.311 e. The van der Waals surface area contributed by atoms with Gasteiger partial charge in [-0.2, -0.15) is 0 Å². The molecule has 6 atom stereocenters. The van der Waals surface area contributed by atoms with E-state index in [4.69, 9.17) is 0 Å². The molecule has 19 heavy (non-hydrogen) atoms. The molecule has 0 aromatic carbocycles. The van der Waals surface area contributed by atoms with Crippen molar-refractivity contribution >= 4 is 0 Å². The van der Waals surface area contributed by atoms with Crippen LogP contribution in [0.25, 0.3) is 0 Å². The van der Waals surface area contributed by atoms with Gasteiger partial charge in [0.15, 0.2) is 0 Å². The molecule has 0 radical (unpaired) electrons. The first-order valence-electron chi connectivity index (χ1n) is 8.69. The van der Waals surface area contributed by atoms with Crippen LogP contribution in [0.15, 0.2) is 0 Å². The Kier molecular flexibility index (Phi) is 3.71. The minimum Gasteiger partial charge on any atom is -0.311 e. The summed E-state index contributed by atoms with van der Waals surface area (Å²) in [6.45, 7) is 9.83. The molecule has 3 aliphatic rings. The molecule has 1 heteroatoms. The van der Waals surface area contributed by atoms with Crippen LogP contribution >= 0.6 is 0 Å². The minimum absolute atomic E-state index is 0.545. The van der Waals surface area contributed by atoms with Crippen molar-refractivity contribution in [3.8, 4) is 0 Å². The summed E-state index contributed by atoms with van der Waals surface area (Å²) >= 11 is 0. The standard InChI is InChI=1S/C18H33N/c1-12-7-16(11-18(3,4)10-12)19-13(2)17-9-14-5-6-15(17)8-14/h12-17,19H,5-11H2,1-4H3. The molecule has 6 unspecified atom stereocenters. The van der Waals surface area contributed by atoms with Crippen molar-refractivity contribution in [2.24, 2.45) is 29.1 Å². The van der Waals surface area contributed by atoms with Crippen molar-refractivity contribution in [3.05, 3.63) is 0 Å². The molecule has 3 saturated carbocycles. The normalized spacial score (nSPS) is 46.4. The Morgan fingerprint density at radius 1 is 1.05 bits per heavy atom. The summed E-state index contributed by atoms with van der Waals surface area (Å²) in [5, 5.41) is 4.03. The first-order valence-corrected chi connectivity index (χ1v) is 8.69. The van der Waals surface area contributed by atoms with E-state index in [1.165, 1.54) is 38.5 Å². The number of fused-ring (bicyclic) bond motifs is 2. The second-order valence-corrected chi connectivity index (χ2v) is 8.90. The van der Waals surface area contributed by atoms with Crippen LogP contribution in [-0.2, 0) is 0 Å². The van der Waals surface area contributed by atoms with Gasteiger partial charge in [-0.1, -0.05) is 27.2 Å². The maximum Gasteiger partial charge on any atom is 0.00772 e. The second kappa shape index (κ2) is 5.06. The highest BCUT2D eigenvalue weighted by Crippen LogP contribution is 2.49. The van der Waals surface area contributed by atoms with E-state index in [-0.39, 0.29) is 0 Å². The molecule has 0 aliphatic heterocycles. The number of nitrogens with one attached hydrogen (secondary N) is 1. The van der Waals surface area contributed by atoms with Gasteiger partial charge in [-0.15, -0.1) is 0 Å². The molecule has 3 fully saturated rings. The van der Waals surface area contributed by atoms with Crippen LogP contribution in [-0.4, -0.2) is 12.1 Å². The monoisotopic (exact) mass is 263 g/mol. The number of hydrogen-bond acceptors (Lipinski definition) is 1. The van der Waals surface area contributed by atoms with E-state index in [0.717, 1.165) is 35.8 Å². The van der Waals surface area contributed by atoms with Crippen molar-refractivity contribution in [3.63, 3.8) is 0 Å². The summed E-state index contributed by atoms with van der Waals surface area (Å²) in [6, 6.07) is 1.52. The molecular weight excluding hydrogens is 230 g/mol. The van der Waals surface area contributed by atoms with E-state index in [1.807, 2.05) is 0 Å². The lowest BCUT2D eigenvalue weighted by Crippen LogP contribution is -2.47. The van der Waals surface area contributed by atoms with Gasteiger partial charge in [0.2, 0.25) is 0 Å². The molecule has 1 nitrogen and oxygen atoms in total. The first-order chi connectivity index (χ1) is 8.93. The van der Waals surface area contributed by atoms with Crippen LogP contribution in [0.4, 0.5) is 0 Å². The molecule has 0 saturated heterocycles. The van der Waals surface area contributed by atoms with Crippen molar-refractivity contribution in [1.29, 1.82) is 0 Å². The highest BCUT2D eigenvalue weighted by Gasteiger charge is 2.42. The summed E-state index contributed by atoms with van der Waals surface area (Å²) in [5.41, 5.74) is 0.545. The molecule has 0 aromatic rings. The van der Waals surface area contributed by atoms with Crippen LogP contribution in [0.2, 0.25) is 0 Å². The molecule has 110 valence electrons. The second-order valence-electron chi connectivity index (χ2n) is 8.90. The topological polar surface area (TPSA) is 12.0 Å². The van der Waals surface area contributed by atoms with Crippen LogP contribution in [0, 0.1) is 29.1 Å². The Morgan fingerprint density at radius 2 is 1.84 bits per heavy atom. The van der Waals surface area contributed by atoms with E-state index >= 15 is 0 Å². The lowest BCUT2D eigenvalue weighted by molar-refractivity contribution is 0.131. The molecule has 3 aliphatic carbocycles. The van der Waals surface area contributed by atoms with Crippen LogP contribution in [0.3, 0.4) is 0 Å². The third-order valence-corrected chi connectivity index (χ3v) is 6.32. The van der Waals surface area contributed by atoms with Crippen LogP contribution in [0.1, 0.15) is 72.6 Å². The Hall–Kier alpha value is -0.0400. The Balaban J connectivity index is 1.56. The zero-order chi connectivity index (χ0) is 13.6. The third kappa shape index (κ3) is 3.01. The van der Waals surface area contributed by atoms with E-state index in [1.54, 1.807) is 6.42 Å². The van der Waals surface area contributed by atoms with Crippen LogP contribution in [0.5, 0.6) is 0 Å². The maximum atomic E-state index is 4.03. The number of hydrogen-bond donors (Lipinski definition) is 1. The van der Waals surface area contributed by atoms with E-state index in [0.29, 0.717) is 5.41 Å². The summed E-state index contributed by atoms with van der Waals surface area (Å²) in [6.07, 6.45) is 10.3. The first kappa shape index (κ1) is 13.9. The van der Waals surface area contributed by atoms with Gasteiger partial charge < -0.3 is 5.32 Å². The highest BCUT2D eigenvalue weighted by atomic mass is 15.0. The van der Waals surface area contributed by atoms with Crippen molar-refractivity contribution < 1.29 is 0 Å². The quantitative estimate of drug-likeness (QED) is 0.783. The van der Waals surface area contributed by atoms with Gasteiger partial charge in [-0.3, -0.25) is 0 Å². The fourth-order valence-corrected chi connectivity index (χ4v) is 5.87. The van der Waals surface area contributed by atoms with E-state index < -0.39 is 0 Å². The minimum atomic E-state index is 0.545. The fourth-order valence-electron chi connectivity index (χ4n) is 5.87. The summed E-state index contributed by atoms with van der Waals surface area (Å²) in [5.74, 6) is 4.02. The number of rotatable bonds is 3. The molecule has 1 N–H and O–H groups in total. The molecule has 0 aromatic heterocycles. The van der Waals surface area contributed by atoms with Crippen molar-refractivity contribution in [2.75, 3.05) is 0 Å². The van der Waals surface area contributed by atoms with Gasteiger partial charge >= 0.3 is 0 Å².